The van der Waals surface area contributed by atoms with Gasteiger partial charge in [-0.1, -0.05) is 60.7 Å². The quantitative estimate of drug-likeness (QED) is 0.0842. The highest BCUT2D eigenvalue weighted by molar-refractivity contribution is 5.78. The van der Waals surface area contributed by atoms with Gasteiger partial charge in [0.15, 0.2) is 5.43 Å². The van der Waals surface area contributed by atoms with Crippen LogP contribution >= 0.6 is 0 Å². The van der Waals surface area contributed by atoms with E-state index in [1.165, 1.54) is 30.3 Å². The lowest BCUT2D eigenvalue weighted by molar-refractivity contribution is -0.166. The third-order valence-corrected chi connectivity index (χ3v) is 8.74. The van der Waals surface area contributed by atoms with Crippen LogP contribution in [0.15, 0.2) is 133 Å². The van der Waals surface area contributed by atoms with Crippen molar-refractivity contribution >= 4 is 11.0 Å². The lowest BCUT2D eigenvalue weighted by atomic mass is 10.0. The van der Waals surface area contributed by atoms with Gasteiger partial charge in [-0.15, -0.1) is 20.5 Å². The predicted molar refractivity (Wildman–Crippen MR) is 176 cm³/mol. The van der Waals surface area contributed by atoms with Crippen molar-refractivity contribution in [1.29, 1.82) is 0 Å². The summed E-state index contributed by atoms with van der Waals surface area (Å²) in [5.74, 6) is 1.02. The number of para-hydroxylation sites is 1. The van der Waals surface area contributed by atoms with Crippen molar-refractivity contribution in [3.8, 4) is 17.1 Å². The van der Waals surface area contributed by atoms with Crippen LogP contribution in [0.5, 0.6) is 5.75 Å². The maximum atomic E-state index is 13.5. The Morgan fingerprint density at radius 2 is 1.19 bits per heavy atom. The van der Waals surface area contributed by atoms with Crippen molar-refractivity contribution in [2.24, 2.45) is 20.5 Å². The van der Waals surface area contributed by atoms with E-state index >= 15 is 0 Å². The Balaban J connectivity index is 0.943. The third kappa shape index (κ3) is 7.19. The molecule has 9 nitrogen and oxygen atoms in total. The van der Waals surface area contributed by atoms with Gasteiger partial charge in [-0.05, 0) is 47.5 Å². The number of nitrogens with zero attached hydrogens (tertiary/aromatic N) is 5. The van der Waals surface area contributed by atoms with Crippen LogP contribution in [0.4, 0.5) is 26.3 Å². The maximum absolute atomic E-state index is 13.5. The summed E-state index contributed by atoms with van der Waals surface area (Å²) in [5, 5.41) is 13.5. The highest BCUT2D eigenvalue weighted by atomic mass is 19.4. The zero-order valence-corrected chi connectivity index (χ0v) is 27.2. The monoisotopic (exact) mass is 721 g/mol. The Labute approximate surface area is 292 Å². The van der Waals surface area contributed by atoms with E-state index in [4.69, 9.17) is 13.9 Å². The largest absolute Gasteiger partial charge is 0.491 e. The summed E-state index contributed by atoms with van der Waals surface area (Å²) in [7, 11) is 0. The number of hydrogen-bond donors (Lipinski definition) is 0. The molecular weight excluding hydrogens is 692 g/mol. The van der Waals surface area contributed by atoms with Crippen molar-refractivity contribution in [1.82, 2.24) is 4.90 Å². The zero-order chi connectivity index (χ0) is 36.6. The topological polar surface area (TPSA) is 101 Å². The molecule has 0 fully saturated rings. The van der Waals surface area contributed by atoms with Gasteiger partial charge in [-0.3, -0.25) is 9.69 Å². The van der Waals surface area contributed by atoms with Gasteiger partial charge in [0.25, 0.3) is 0 Å². The van der Waals surface area contributed by atoms with Gasteiger partial charge in [-0.2, -0.15) is 26.3 Å². The molecule has 0 N–H and O–H groups in total. The Morgan fingerprint density at radius 3 is 1.71 bits per heavy atom. The first-order valence-corrected chi connectivity index (χ1v) is 16.1. The van der Waals surface area contributed by atoms with Crippen LogP contribution in [0.25, 0.3) is 22.3 Å². The van der Waals surface area contributed by atoms with Gasteiger partial charge in [-0.25, -0.2) is 0 Å². The van der Waals surface area contributed by atoms with Gasteiger partial charge >= 0.3 is 23.7 Å². The van der Waals surface area contributed by atoms with Crippen molar-refractivity contribution in [3.63, 3.8) is 0 Å². The molecule has 1 aromatic heterocycles. The van der Waals surface area contributed by atoms with Gasteiger partial charge < -0.3 is 13.9 Å². The summed E-state index contributed by atoms with van der Waals surface area (Å²) in [6.45, 7) is 1.78. The molecular formula is C37H29F6N5O4. The van der Waals surface area contributed by atoms with Crippen molar-refractivity contribution in [2.75, 3.05) is 26.4 Å². The number of ether oxygens (including phenoxy) is 2. The molecule has 0 bridgehead atoms. The van der Waals surface area contributed by atoms with E-state index in [-0.39, 0.29) is 36.4 Å². The highest BCUT2D eigenvalue weighted by Crippen LogP contribution is 2.53. The van der Waals surface area contributed by atoms with Crippen LogP contribution in [-0.4, -0.2) is 43.6 Å². The molecule has 2 aliphatic rings. The Morgan fingerprint density at radius 1 is 0.654 bits per heavy atom. The van der Waals surface area contributed by atoms with E-state index in [1.807, 2.05) is 4.90 Å². The number of rotatable bonds is 14. The minimum atomic E-state index is -4.64. The molecule has 0 spiro atoms. The molecule has 0 amide bonds. The van der Waals surface area contributed by atoms with Gasteiger partial charge in [0.05, 0.1) is 18.6 Å². The molecule has 7 rings (SSSR count). The minimum absolute atomic E-state index is 0.0846. The summed E-state index contributed by atoms with van der Waals surface area (Å²) in [5.41, 5.74) is -2.72. The first kappa shape index (κ1) is 35.0. The summed E-state index contributed by atoms with van der Waals surface area (Å²) in [6, 6.07) is 27.2. The van der Waals surface area contributed by atoms with Crippen molar-refractivity contribution in [2.45, 2.75) is 36.8 Å². The molecule has 0 saturated heterocycles. The SMILES string of the molecule is O=c1cc(-c2ccc(OCCOCCN(Cc3ccc(C4(C(F)(F)F)N=N4)cc3)Cc3ccc(C4(C(F)(F)F)N=N4)cc3)cc2)oc2ccccc12. The first-order chi connectivity index (χ1) is 24.9. The van der Waals surface area contributed by atoms with Crippen LogP contribution in [0, 0.1) is 0 Å². The first-order valence-electron chi connectivity index (χ1n) is 16.1. The molecule has 15 heteroatoms. The molecule has 52 heavy (non-hydrogen) atoms. The Hall–Kier alpha value is -5.41. The number of halogens is 6. The summed E-state index contributed by atoms with van der Waals surface area (Å²) < 4.78 is 98.3. The fourth-order valence-electron chi connectivity index (χ4n) is 5.78. The summed E-state index contributed by atoms with van der Waals surface area (Å²) in [4.78, 5) is 14.4. The summed E-state index contributed by atoms with van der Waals surface area (Å²) >= 11 is 0. The fraction of sp³-hybridized carbons (Fsp3) is 0.270. The average molecular weight is 722 g/mol. The zero-order valence-electron chi connectivity index (χ0n) is 27.2. The number of fused-ring (bicyclic) bond motifs is 1. The van der Waals surface area contributed by atoms with E-state index in [9.17, 15) is 31.1 Å². The lowest BCUT2D eigenvalue weighted by Gasteiger charge is -2.23. The smallest absolute Gasteiger partial charge is 0.442 e. The molecule has 5 aromatic rings. The van der Waals surface area contributed by atoms with Crippen LogP contribution in [0.1, 0.15) is 22.3 Å². The van der Waals surface area contributed by atoms with E-state index < -0.39 is 23.7 Å². The molecule has 2 aliphatic heterocycles. The molecule has 4 aromatic carbocycles. The van der Waals surface area contributed by atoms with E-state index in [2.05, 4.69) is 20.5 Å². The molecule has 0 aliphatic carbocycles. The standard InChI is InChI=1S/C37H29F6N5O4/c38-36(39,40)34(44-45-34)27-11-5-24(6-12-27)22-48(23-25-7-13-28(14-8-25)35(46-47-35)37(41,42)43)17-18-50-19-20-51-29-15-9-26(10-16-29)33-21-31(49)30-3-1-2-4-32(30)52-33/h1-16,21H,17-20,22-23H2. The second kappa shape index (κ2) is 13.6. The molecule has 3 heterocycles. The van der Waals surface area contributed by atoms with Crippen molar-refractivity contribution < 1.29 is 40.2 Å². The minimum Gasteiger partial charge on any atom is -0.491 e. The second-order valence-electron chi connectivity index (χ2n) is 12.3. The van der Waals surface area contributed by atoms with Crippen LogP contribution in [0.2, 0.25) is 0 Å². The van der Waals surface area contributed by atoms with Crippen LogP contribution in [-0.2, 0) is 29.2 Å². The summed E-state index contributed by atoms with van der Waals surface area (Å²) in [6.07, 6.45) is -9.28. The molecule has 0 atom stereocenters. The van der Waals surface area contributed by atoms with E-state index in [0.29, 0.717) is 58.8 Å². The number of hydrogen-bond acceptors (Lipinski definition) is 9. The highest BCUT2D eigenvalue weighted by Gasteiger charge is 2.65. The van der Waals surface area contributed by atoms with Gasteiger partial charge in [0.2, 0.25) is 0 Å². The fourth-order valence-corrected chi connectivity index (χ4v) is 5.78. The van der Waals surface area contributed by atoms with Crippen LogP contribution < -0.4 is 10.2 Å². The Kier molecular flexibility index (Phi) is 9.17. The molecule has 0 unspecified atom stereocenters. The number of benzene rings is 4. The van der Waals surface area contributed by atoms with E-state index in [0.717, 1.165) is 0 Å². The van der Waals surface area contributed by atoms with Crippen LogP contribution in [0.3, 0.4) is 0 Å². The second-order valence-corrected chi connectivity index (χ2v) is 12.3. The third-order valence-electron chi connectivity index (χ3n) is 8.74. The number of alkyl halides is 6. The normalized spacial score (nSPS) is 15.7. The maximum Gasteiger partial charge on any atom is 0.442 e. The lowest BCUT2D eigenvalue weighted by Crippen LogP contribution is -2.30. The molecule has 0 saturated carbocycles. The van der Waals surface area contributed by atoms with Gasteiger partial charge in [0.1, 0.15) is 23.7 Å². The Bertz CT molecular complexity index is 2070. The average Bonchev–Trinajstić information content (AvgIpc) is 4.05. The van der Waals surface area contributed by atoms with Gasteiger partial charge in [0, 0.05) is 42.4 Å². The molecule has 0 radical (unpaired) electrons. The van der Waals surface area contributed by atoms with Crippen molar-refractivity contribution in [3.05, 3.63) is 136 Å². The predicted octanol–water partition coefficient (Wildman–Crippen LogP) is 8.92. The van der Waals surface area contributed by atoms with E-state index in [1.54, 1.807) is 72.8 Å². The molecule has 268 valence electrons.